The van der Waals surface area contributed by atoms with Gasteiger partial charge in [-0.2, -0.15) is 0 Å². The van der Waals surface area contributed by atoms with Crippen LogP contribution in [0.1, 0.15) is 22.2 Å². The molecule has 0 saturated carbocycles. The third kappa shape index (κ3) is 2.42. The van der Waals surface area contributed by atoms with Crippen molar-refractivity contribution in [3.8, 4) is 0 Å². The Hall–Kier alpha value is -1.62. The number of hydrazine groups is 1. The quantitative estimate of drug-likeness (QED) is 0.564. The number of thiophene rings is 1. The smallest absolute Gasteiger partial charge is 0.137 e. The van der Waals surface area contributed by atoms with E-state index in [0.29, 0.717) is 0 Å². The third-order valence-electron chi connectivity index (χ3n) is 3.29. The van der Waals surface area contributed by atoms with Crippen LogP contribution in [-0.4, -0.2) is 0 Å². The summed E-state index contributed by atoms with van der Waals surface area (Å²) in [5, 5.41) is 3.20. The Balaban J connectivity index is 1.95. The Morgan fingerprint density at radius 3 is 2.89 bits per heavy atom. The summed E-state index contributed by atoms with van der Waals surface area (Å²) < 4.78 is 5.96. The van der Waals surface area contributed by atoms with Gasteiger partial charge in [0.2, 0.25) is 0 Å². The zero-order valence-electron chi connectivity index (χ0n) is 10.7. The summed E-state index contributed by atoms with van der Waals surface area (Å²) in [5.41, 5.74) is 4.95. The van der Waals surface area contributed by atoms with Gasteiger partial charge < -0.3 is 4.42 Å². The molecule has 0 saturated heterocycles. The molecule has 0 aliphatic heterocycles. The molecule has 3 nitrogen and oxygen atoms in total. The van der Waals surface area contributed by atoms with Crippen molar-refractivity contribution in [3.05, 3.63) is 58.0 Å². The van der Waals surface area contributed by atoms with E-state index in [0.717, 1.165) is 28.7 Å². The average molecular weight is 272 g/mol. The van der Waals surface area contributed by atoms with Gasteiger partial charge in [-0.3, -0.25) is 5.84 Å². The minimum atomic E-state index is 0.00505. The SMILES string of the molecule is Cc1cccc2cc(C(Cc3cccs3)NN)oc12. The first-order valence-electron chi connectivity index (χ1n) is 6.25. The van der Waals surface area contributed by atoms with Gasteiger partial charge in [-0.25, -0.2) is 5.43 Å². The van der Waals surface area contributed by atoms with Gasteiger partial charge in [0.25, 0.3) is 0 Å². The van der Waals surface area contributed by atoms with Crippen LogP contribution < -0.4 is 11.3 Å². The van der Waals surface area contributed by atoms with Crippen molar-refractivity contribution in [1.82, 2.24) is 5.43 Å². The number of hydrogen-bond acceptors (Lipinski definition) is 4. The molecule has 0 spiro atoms. The Labute approximate surface area is 116 Å². The monoisotopic (exact) mass is 272 g/mol. The second kappa shape index (κ2) is 5.17. The van der Waals surface area contributed by atoms with Gasteiger partial charge in [0.1, 0.15) is 11.3 Å². The highest BCUT2D eigenvalue weighted by Crippen LogP contribution is 2.28. The Morgan fingerprint density at radius 2 is 2.21 bits per heavy atom. The molecule has 0 aliphatic carbocycles. The minimum absolute atomic E-state index is 0.00505. The lowest BCUT2D eigenvalue weighted by Crippen LogP contribution is -2.29. The lowest BCUT2D eigenvalue weighted by Gasteiger charge is -2.11. The fraction of sp³-hybridized carbons (Fsp3) is 0.200. The molecule has 0 bridgehead atoms. The van der Waals surface area contributed by atoms with Crippen LogP contribution in [-0.2, 0) is 6.42 Å². The van der Waals surface area contributed by atoms with Crippen LogP contribution in [0.15, 0.2) is 46.2 Å². The average Bonchev–Trinajstić information content (AvgIpc) is 3.05. The van der Waals surface area contributed by atoms with Crippen LogP contribution in [0.25, 0.3) is 11.0 Å². The highest BCUT2D eigenvalue weighted by Gasteiger charge is 2.16. The van der Waals surface area contributed by atoms with Gasteiger partial charge in [-0.15, -0.1) is 11.3 Å². The summed E-state index contributed by atoms with van der Waals surface area (Å²) in [7, 11) is 0. The van der Waals surface area contributed by atoms with E-state index in [-0.39, 0.29) is 6.04 Å². The van der Waals surface area contributed by atoms with E-state index in [1.165, 1.54) is 4.88 Å². The molecule has 1 unspecified atom stereocenters. The van der Waals surface area contributed by atoms with Crippen LogP contribution >= 0.6 is 11.3 Å². The Bertz CT molecular complexity index is 673. The highest BCUT2D eigenvalue weighted by molar-refractivity contribution is 7.09. The largest absolute Gasteiger partial charge is 0.459 e. The molecule has 4 heteroatoms. The van der Waals surface area contributed by atoms with E-state index in [1.54, 1.807) is 11.3 Å². The maximum Gasteiger partial charge on any atom is 0.137 e. The van der Waals surface area contributed by atoms with E-state index in [9.17, 15) is 0 Å². The van der Waals surface area contributed by atoms with Crippen LogP contribution in [0.3, 0.4) is 0 Å². The highest BCUT2D eigenvalue weighted by atomic mass is 32.1. The van der Waals surface area contributed by atoms with Crippen LogP contribution in [0.4, 0.5) is 0 Å². The zero-order chi connectivity index (χ0) is 13.2. The summed E-state index contributed by atoms with van der Waals surface area (Å²) in [6.45, 7) is 2.06. The number of rotatable bonds is 4. The van der Waals surface area contributed by atoms with Crippen molar-refractivity contribution in [2.24, 2.45) is 5.84 Å². The van der Waals surface area contributed by atoms with Gasteiger partial charge in [-0.1, -0.05) is 24.3 Å². The van der Waals surface area contributed by atoms with Crippen molar-refractivity contribution >= 4 is 22.3 Å². The van der Waals surface area contributed by atoms with Gasteiger partial charge in [0.15, 0.2) is 0 Å². The number of para-hydroxylation sites is 1. The van der Waals surface area contributed by atoms with E-state index < -0.39 is 0 Å². The predicted octanol–water partition coefficient (Wildman–Crippen LogP) is 3.55. The molecule has 0 radical (unpaired) electrons. The molecule has 1 atom stereocenters. The van der Waals surface area contributed by atoms with Gasteiger partial charge in [0.05, 0.1) is 6.04 Å². The van der Waals surface area contributed by atoms with Crippen LogP contribution in [0.5, 0.6) is 0 Å². The second-order valence-corrected chi connectivity index (χ2v) is 5.68. The molecule has 3 N–H and O–H groups in total. The molecular weight excluding hydrogens is 256 g/mol. The lowest BCUT2D eigenvalue weighted by molar-refractivity contribution is 0.435. The van der Waals surface area contributed by atoms with Crippen molar-refractivity contribution in [1.29, 1.82) is 0 Å². The maximum absolute atomic E-state index is 5.96. The molecule has 2 heterocycles. The Kier molecular flexibility index (Phi) is 3.38. The first kappa shape index (κ1) is 12.4. The molecule has 0 amide bonds. The first-order valence-corrected chi connectivity index (χ1v) is 7.13. The minimum Gasteiger partial charge on any atom is -0.459 e. The van der Waals surface area contributed by atoms with Gasteiger partial charge in [0, 0.05) is 16.7 Å². The van der Waals surface area contributed by atoms with Crippen molar-refractivity contribution in [3.63, 3.8) is 0 Å². The van der Waals surface area contributed by atoms with Gasteiger partial charge >= 0.3 is 0 Å². The molecule has 2 aromatic heterocycles. The summed E-state index contributed by atoms with van der Waals surface area (Å²) >= 11 is 1.73. The standard InChI is InChI=1S/C15H16N2OS/c1-10-4-2-5-11-8-14(18-15(10)11)13(17-16)9-12-6-3-7-19-12/h2-8,13,17H,9,16H2,1H3. The molecule has 1 aromatic carbocycles. The van der Waals surface area contributed by atoms with Gasteiger partial charge in [-0.05, 0) is 30.0 Å². The topological polar surface area (TPSA) is 51.2 Å². The number of nitrogens with two attached hydrogens (primary N) is 1. The van der Waals surface area contributed by atoms with E-state index in [2.05, 4.69) is 48.1 Å². The van der Waals surface area contributed by atoms with E-state index >= 15 is 0 Å². The third-order valence-corrected chi connectivity index (χ3v) is 4.19. The molecule has 19 heavy (non-hydrogen) atoms. The van der Waals surface area contributed by atoms with Crippen LogP contribution in [0, 0.1) is 6.92 Å². The molecule has 3 aromatic rings. The zero-order valence-corrected chi connectivity index (χ0v) is 11.5. The second-order valence-electron chi connectivity index (χ2n) is 4.64. The maximum atomic E-state index is 5.96. The summed E-state index contributed by atoms with van der Waals surface area (Å²) in [6.07, 6.45) is 0.840. The normalized spacial score (nSPS) is 12.9. The van der Waals surface area contributed by atoms with Crippen molar-refractivity contribution in [2.45, 2.75) is 19.4 Å². The molecular formula is C15H16N2OS. The van der Waals surface area contributed by atoms with Crippen molar-refractivity contribution < 1.29 is 4.42 Å². The molecule has 3 rings (SSSR count). The number of furan rings is 1. The molecule has 0 fully saturated rings. The number of aryl methyl sites for hydroxylation is 1. The van der Waals surface area contributed by atoms with E-state index in [4.69, 9.17) is 10.3 Å². The number of hydrogen-bond donors (Lipinski definition) is 2. The molecule has 98 valence electrons. The molecule has 0 aliphatic rings. The van der Waals surface area contributed by atoms with Crippen molar-refractivity contribution in [2.75, 3.05) is 0 Å². The Morgan fingerprint density at radius 1 is 1.32 bits per heavy atom. The summed E-state index contributed by atoms with van der Waals surface area (Å²) in [4.78, 5) is 1.29. The number of benzene rings is 1. The summed E-state index contributed by atoms with van der Waals surface area (Å²) in [5.74, 6) is 6.56. The fourth-order valence-electron chi connectivity index (χ4n) is 2.27. The lowest BCUT2D eigenvalue weighted by atomic mass is 10.1. The first-order chi connectivity index (χ1) is 9.28. The number of fused-ring (bicyclic) bond motifs is 1. The van der Waals surface area contributed by atoms with E-state index in [1.807, 2.05) is 6.07 Å². The summed E-state index contributed by atoms with van der Waals surface area (Å²) in [6, 6.07) is 12.4. The van der Waals surface area contributed by atoms with Crippen LogP contribution in [0.2, 0.25) is 0 Å². The predicted molar refractivity (Wildman–Crippen MR) is 79.0 cm³/mol. The fourth-order valence-corrected chi connectivity index (χ4v) is 3.02. The number of nitrogens with one attached hydrogen (secondary N) is 1.